The fraction of sp³-hybridized carbons (Fsp3) is 0.562. The van der Waals surface area contributed by atoms with Crippen molar-refractivity contribution in [1.29, 1.82) is 0 Å². The second-order valence-corrected chi connectivity index (χ2v) is 6.49. The van der Waals surface area contributed by atoms with Crippen molar-refractivity contribution in [3.63, 3.8) is 0 Å². The molecule has 1 fully saturated rings. The molecule has 1 amide bonds. The Hall–Kier alpha value is -1.82. The third kappa shape index (κ3) is 4.58. The molecule has 0 bridgehead atoms. The number of anilines is 1. The fourth-order valence-electron chi connectivity index (χ4n) is 2.82. The summed E-state index contributed by atoms with van der Waals surface area (Å²) in [5.41, 5.74) is -0.117. The van der Waals surface area contributed by atoms with Crippen LogP contribution in [0.4, 0.5) is 5.82 Å². The molecule has 0 aromatic carbocycles. The highest BCUT2D eigenvalue weighted by molar-refractivity contribution is 6.33. The summed E-state index contributed by atoms with van der Waals surface area (Å²) in [6.45, 7) is 1.63. The normalized spacial score (nSPS) is 17.9. The molecular formula is C16H22ClN3O3. The Morgan fingerprint density at radius 2 is 2.17 bits per heavy atom. The molecule has 6 nitrogen and oxygen atoms in total. The van der Waals surface area contributed by atoms with E-state index in [4.69, 9.17) is 16.7 Å². The topological polar surface area (TPSA) is 73.7 Å². The lowest BCUT2D eigenvalue weighted by Crippen LogP contribution is -2.36. The molecule has 0 aliphatic carbocycles. The number of aromatic carboxylic acids is 1. The highest BCUT2D eigenvalue weighted by atomic mass is 35.5. The first-order chi connectivity index (χ1) is 10.9. The SMILES string of the molecule is CN(C)C(=O)CC[C@@H]1CCCN(c2ccc(Cl)c(C(=O)O)n2)C1. The van der Waals surface area contributed by atoms with Gasteiger partial charge in [-0.15, -0.1) is 0 Å². The molecule has 1 aliphatic rings. The maximum absolute atomic E-state index is 11.7. The number of rotatable bonds is 5. The molecule has 2 rings (SSSR count). The Morgan fingerprint density at radius 1 is 1.43 bits per heavy atom. The highest BCUT2D eigenvalue weighted by Gasteiger charge is 2.23. The minimum absolute atomic E-state index is 0.117. The summed E-state index contributed by atoms with van der Waals surface area (Å²) in [5, 5.41) is 9.27. The van der Waals surface area contributed by atoms with E-state index in [-0.39, 0.29) is 16.6 Å². The van der Waals surface area contributed by atoms with E-state index >= 15 is 0 Å². The lowest BCUT2D eigenvalue weighted by Gasteiger charge is -2.33. The van der Waals surface area contributed by atoms with Gasteiger partial charge in [0.05, 0.1) is 5.02 Å². The maximum atomic E-state index is 11.7. The van der Waals surface area contributed by atoms with E-state index in [0.717, 1.165) is 32.4 Å². The van der Waals surface area contributed by atoms with Gasteiger partial charge in [-0.2, -0.15) is 0 Å². The molecule has 1 aliphatic heterocycles. The zero-order valence-corrected chi connectivity index (χ0v) is 14.2. The molecule has 1 aromatic heterocycles. The van der Waals surface area contributed by atoms with Crippen molar-refractivity contribution in [1.82, 2.24) is 9.88 Å². The van der Waals surface area contributed by atoms with E-state index < -0.39 is 5.97 Å². The van der Waals surface area contributed by atoms with Crippen LogP contribution >= 0.6 is 11.6 Å². The number of carbonyl (C=O) groups excluding carboxylic acids is 1. The van der Waals surface area contributed by atoms with Gasteiger partial charge >= 0.3 is 5.97 Å². The van der Waals surface area contributed by atoms with Gasteiger partial charge in [-0.25, -0.2) is 9.78 Å². The number of aromatic nitrogens is 1. The summed E-state index contributed by atoms with van der Waals surface area (Å²) < 4.78 is 0. The lowest BCUT2D eigenvalue weighted by molar-refractivity contribution is -0.129. The molecular weight excluding hydrogens is 318 g/mol. The van der Waals surface area contributed by atoms with Crippen LogP contribution in [0.15, 0.2) is 12.1 Å². The molecule has 7 heteroatoms. The Morgan fingerprint density at radius 3 is 2.83 bits per heavy atom. The Labute approximate surface area is 141 Å². The minimum Gasteiger partial charge on any atom is -0.476 e. The molecule has 0 saturated carbocycles. The van der Waals surface area contributed by atoms with Crippen LogP contribution in [-0.4, -0.2) is 54.1 Å². The average molecular weight is 340 g/mol. The molecule has 1 aromatic rings. The van der Waals surface area contributed by atoms with Crippen molar-refractivity contribution < 1.29 is 14.7 Å². The van der Waals surface area contributed by atoms with Crippen molar-refractivity contribution in [3.05, 3.63) is 22.8 Å². The quantitative estimate of drug-likeness (QED) is 0.892. The number of nitrogens with zero attached hydrogens (tertiary/aromatic N) is 3. The second kappa shape index (κ2) is 7.64. The largest absolute Gasteiger partial charge is 0.476 e. The first kappa shape index (κ1) is 17.5. The van der Waals surface area contributed by atoms with Gasteiger partial charge in [0.2, 0.25) is 5.91 Å². The Kier molecular flexibility index (Phi) is 5.82. The third-order valence-corrected chi connectivity index (χ3v) is 4.45. The molecule has 2 heterocycles. The monoisotopic (exact) mass is 339 g/mol. The molecule has 0 spiro atoms. The van der Waals surface area contributed by atoms with Crippen molar-refractivity contribution >= 4 is 29.3 Å². The van der Waals surface area contributed by atoms with E-state index in [1.807, 2.05) is 0 Å². The van der Waals surface area contributed by atoms with Crippen LogP contribution in [0, 0.1) is 5.92 Å². The molecule has 0 unspecified atom stereocenters. The third-order valence-electron chi connectivity index (χ3n) is 4.14. The van der Waals surface area contributed by atoms with Crippen LogP contribution in [0.25, 0.3) is 0 Å². The Bertz CT molecular complexity index is 592. The number of amides is 1. The van der Waals surface area contributed by atoms with Crippen LogP contribution in [0.1, 0.15) is 36.2 Å². The molecule has 1 atom stereocenters. The molecule has 0 radical (unpaired) electrons. The predicted molar refractivity (Wildman–Crippen MR) is 89.1 cm³/mol. The van der Waals surface area contributed by atoms with Crippen LogP contribution in [0.5, 0.6) is 0 Å². The summed E-state index contributed by atoms with van der Waals surface area (Å²) in [6, 6.07) is 3.33. The van der Waals surface area contributed by atoms with Crippen LogP contribution in [0.2, 0.25) is 5.02 Å². The number of halogens is 1. The van der Waals surface area contributed by atoms with Gasteiger partial charge in [-0.1, -0.05) is 11.6 Å². The van der Waals surface area contributed by atoms with Gasteiger partial charge in [-0.05, 0) is 37.3 Å². The van der Waals surface area contributed by atoms with E-state index in [9.17, 15) is 9.59 Å². The summed E-state index contributed by atoms with van der Waals surface area (Å²) in [5.74, 6) is 0.0655. The summed E-state index contributed by atoms with van der Waals surface area (Å²) in [4.78, 5) is 30.7. The van der Waals surface area contributed by atoms with E-state index in [1.54, 1.807) is 31.1 Å². The van der Waals surface area contributed by atoms with Crippen molar-refractivity contribution in [2.45, 2.75) is 25.7 Å². The summed E-state index contributed by atoms with van der Waals surface area (Å²) in [6.07, 6.45) is 3.47. The average Bonchev–Trinajstić information content (AvgIpc) is 2.52. The number of hydrogen-bond donors (Lipinski definition) is 1. The molecule has 126 valence electrons. The fourth-order valence-corrected chi connectivity index (χ4v) is 3.00. The zero-order valence-electron chi connectivity index (χ0n) is 13.5. The number of carboxylic acids is 1. The maximum Gasteiger partial charge on any atom is 0.356 e. The first-order valence-electron chi connectivity index (χ1n) is 7.73. The smallest absolute Gasteiger partial charge is 0.356 e. The zero-order chi connectivity index (χ0) is 17.0. The number of carboxylic acid groups (broad SMARTS) is 1. The highest BCUT2D eigenvalue weighted by Crippen LogP contribution is 2.26. The predicted octanol–water partition coefficient (Wildman–Crippen LogP) is 2.52. The Balaban J connectivity index is 2.02. The van der Waals surface area contributed by atoms with Gasteiger partial charge in [-0.3, -0.25) is 4.79 Å². The molecule has 1 N–H and O–H groups in total. The van der Waals surface area contributed by atoms with Gasteiger partial charge in [0, 0.05) is 33.6 Å². The number of hydrogen-bond acceptors (Lipinski definition) is 4. The second-order valence-electron chi connectivity index (χ2n) is 6.09. The van der Waals surface area contributed by atoms with E-state index in [0.29, 0.717) is 18.2 Å². The molecule has 1 saturated heterocycles. The van der Waals surface area contributed by atoms with Crippen LogP contribution in [-0.2, 0) is 4.79 Å². The number of piperidine rings is 1. The van der Waals surface area contributed by atoms with Gasteiger partial charge in [0.25, 0.3) is 0 Å². The number of pyridine rings is 1. The van der Waals surface area contributed by atoms with Crippen LogP contribution in [0.3, 0.4) is 0 Å². The van der Waals surface area contributed by atoms with Crippen molar-refractivity contribution in [2.75, 3.05) is 32.1 Å². The van der Waals surface area contributed by atoms with E-state index in [2.05, 4.69) is 9.88 Å². The van der Waals surface area contributed by atoms with Gasteiger partial charge < -0.3 is 14.9 Å². The minimum atomic E-state index is -1.12. The van der Waals surface area contributed by atoms with Crippen molar-refractivity contribution in [2.24, 2.45) is 5.92 Å². The van der Waals surface area contributed by atoms with E-state index in [1.165, 1.54) is 0 Å². The first-order valence-corrected chi connectivity index (χ1v) is 8.11. The van der Waals surface area contributed by atoms with Gasteiger partial charge in [0.15, 0.2) is 5.69 Å². The standard InChI is InChI=1S/C16H22ClN3O3/c1-19(2)14(21)8-5-11-4-3-9-20(10-11)13-7-6-12(17)15(18-13)16(22)23/h6-7,11H,3-5,8-10H2,1-2H3,(H,22,23)/t11-/m0/s1. The van der Waals surface area contributed by atoms with Crippen LogP contribution < -0.4 is 4.90 Å². The molecule has 23 heavy (non-hydrogen) atoms. The summed E-state index contributed by atoms with van der Waals surface area (Å²) >= 11 is 5.87. The van der Waals surface area contributed by atoms with Gasteiger partial charge in [0.1, 0.15) is 5.82 Å². The number of carbonyl (C=O) groups is 2. The summed E-state index contributed by atoms with van der Waals surface area (Å²) in [7, 11) is 3.53. The van der Waals surface area contributed by atoms with Crippen molar-refractivity contribution in [3.8, 4) is 0 Å². The lowest BCUT2D eigenvalue weighted by atomic mass is 9.93.